The first kappa shape index (κ1) is 18.3. The van der Waals surface area contributed by atoms with E-state index in [0.717, 1.165) is 78.6 Å². The summed E-state index contributed by atoms with van der Waals surface area (Å²) in [4.78, 5) is 17.1. The lowest BCUT2D eigenvalue weighted by atomic mass is 9.88. The minimum atomic E-state index is -0.129. The third-order valence-electron chi connectivity index (χ3n) is 6.97. The number of aryl methyl sites for hydroxylation is 1. The number of allylic oxidation sites excluding steroid dienone is 2. The topological polar surface area (TPSA) is 80.8 Å². The van der Waals surface area contributed by atoms with Crippen molar-refractivity contribution in [3.63, 3.8) is 0 Å². The Hall–Kier alpha value is -3.46. The zero-order valence-electron chi connectivity index (χ0n) is 17.2. The van der Waals surface area contributed by atoms with Gasteiger partial charge in [0.05, 0.1) is 23.0 Å². The van der Waals surface area contributed by atoms with E-state index >= 15 is 0 Å². The first-order valence-corrected chi connectivity index (χ1v) is 10.9. The molecule has 0 aliphatic heterocycles. The SMILES string of the molecule is N#Cc1cnc2c(c1)CCCC2Oc1ccc2cnn(C3=CC(=O)C4(CC3)CC4)c2c1. The molecule has 6 heteroatoms. The van der Waals surface area contributed by atoms with E-state index in [1.165, 1.54) is 0 Å². The molecular weight excluding hydrogens is 388 g/mol. The molecule has 154 valence electrons. The Kier molecular flexibility index (Phi) is 4.01. The van der Waals surface area contributed by atoms with Gasteiger partial charge in [-0.15, -0.1) is 0 Å². The number of aromatic nitrogens is 3. The van der Waals surface area contributed by atoms with Crippen LogP contribution < -0.4 is 4.74 Å². The van der Waals surface area contributed by atoms with Gasteiger partial charge in [0.25, 0.3) is 0 Å². The summed E-state index contributed by atoms with van der Waals surface area (Å²) in [5.74, 6) is 1.02. The minimum Gasteiger partial charge on any atom is -0.484 e. The normalized spacial score (nSPS) is 21.5. The highest BCUT2D eigenvalue weighted by molar-refractivity contribution is 6.02. The number of benzene rings is 1. The van der Waals surface area contributed by atoms with Gasteiger partial charge < -0.3 is 4.74 Å². The summed E-state index contributed by atoms with van der Waals surface area (Å²) < 4.78 is 8.26. The lowest BCUT2D eigenvalue weighted by Gasteiger charge is -2.25. The van der Waals surface area contributed by atoms with Crippen LogP contribution in [0, 0.1) is 16.7 Å². The van der Waals surface area contributed by atoms with Crippen LogP contribution in [-0.2, 0) is 11.2 Å². The molecule has 1 spiro atoms. The van der Waals surface area contributed by atoms with Gasteiger partial charge in [0.2, 0.25) is 0 Å². The van der Waals surface area contributed by atoms with Crippen LogP contribution in [0.3, 0.4) is 0 Å². The van der Waals surface area contributed by atoms with Crippen LogP contribution in [0.5, 0.6) is 5.75 Å². The Balaban J connectivity index is 1.32. The zero-order valence-corrected chi connectivity index (χ0v) is 17.2. The maximum atomic E-state index is 12.5. The third-order valence-corrected chi connectivity index (χ3v) is 6.97. The molecule has 0 N–H and O–H groups in total. The molecule has 0 saturated heterocycles. The van der Waals surface area contributed by atoms with Crippen LogP contribution in [0.2, 0.25) is 0 Å². The van der Waals surface area contributed by atoms with E-state index in [1.54, 1.807) is 12.3 Å². The molecular formula is C25H22N4O2. The quantitative estimate of drug-likeness (QED) is 0.623. The van der Waals surface area contributed by atoms with Crippen LogP contribution in [0.15, 0.2) is 42.7 Å². The number of hydrogen-bond acceptors (Lipinski definition) is 5. The van der Waals surface area contributed by atoms with Crippen LogP contribution in [0.4, 0.5) is 0 Å². The van der Waals surface area contributed by atoms with Gasteiger partial charge in [-0.25, -0.2) is 4.68 Å². The molecule has 31 heavy (non-hydrogen) atoms. The predicted octanol–water partition coefficient (Wildman–Crippen LogP) is 4.74. The van der Waals surface area contributed by atoms with Gasteiger partial charge >= 0.3 is 0 Å². The van der Waals surface area contributed by atoms with Crippen molar-refractivity contribution < 1.29 is 9.53 Å². The average molecular weight is 410 g/mol. The number of nitriles is 1. The monoisotopic (exact) mass is 410 g/mol. The molecule has 2 heterocycles. The maximum absolute atomic E-state index is 12.5. The number of carbonyl (C=O) groups is 1. The molecule has 1 aromatic carbocycles. The number of pyridine rings is 1. The largest absolute Gasteiger partial charge is 0.484 e. The highest BCUT2D eigenvalue weighted by Gasteiger charge is 2.49. The maximum Gasteiger partial charge on any atom is 0.163 e. The number of carbonyl (C=O) groups excluding carboxylic acids is 1. The second-order valence-electron chi connectivity index (χ2n) is 8.94. The number of ketones is 1. The van der Waals surface area contributed by atoms with Gasteiger partial charge in [-0.3, -0.25) is 9.78 Å². The lowest BCUT2D eigenvalue weighted by Crippen LogP contribution is -2.20. The van der Waals surface area contributed by atoms with E-state index in [1.807, 2.05) is 35.1 Å². The van der Waals surface area contributed by atoms with E-state index in [4.69, 9.17) is 10.00 Å². The van der Waals surface area contributed by atoms with Gasteiger partial charge in [0, 0.05) is 34.8 Å². The van der Waals surface area contributed by atoms with Gasteiger partial charge in [-0.1, -0.05) is 0 Å². The summed E-state index contributed by atoms with van der Waals surface area (Å²) in [5, 5.41) is 14.7. The van der Waals surface area contributed by atoms with Crippen molar-refractivity contribution in [1.29, 1.82) is 5.26 Å². The van der Waals surface area contributed by atoms with E-state index in [2.05, 4.69) is 16.2 Å². The van der Waals surface area contributed by atoms with Crippen molar-refractivity contribution in [2.24, 2.45) is 5.41 Å². The van der Waals surface area contributed by atoms with Crippen molar-refractivity contribution >= 4 is 22.4 Å². The summed E-state index contributed by atoms with van der Waals surface area (Å²) in [6.45, 7) is 0. The van der Waals surface area contributed by atoms with Crippen LogP contribution >= 0.6 is 0 Å². The molecule has 0 amide bonds. The molecule has 6 rings (SSSR count). The molecule has 1 unspecified atom stereocenters. The summed E-state index contributed by atoms with van der Waals surface area (Å²) in [6, 6.07) is 10.1. The molecule has 6 nitrogen and oxygen atoms in total. The van der Waals surface area contributed by atoms with Gasteiger partial charge in [0.15, 0.2) is 5.78 Å². The van der Waals surface area contributed by atoms with Gasteiger partial charge in [0.1, 0.15) is 17.9 Å². The molecule has 2 aromatic heterocycles. The Morgan fingerprint density at radius 1 is 1.16 bits per heavy atom. The summed E-state index contributed by atoms with van der Waals surface area (Å²) in [7, 11) is 0. The van der Waals surface area contributed by atoms with Gasteiger partial charge in [-0.05, 0) is 68.7 Å². The van der Waals surface area contributed by atoms with E-state index in [-0.39, 0.29) is 17.3 Å². The van der Waals surface area contributed by atoms with Crippen LogP contribution in [0.25, 0.3) is 16.6 Å². The Bertz CT molecular complexity index is 1290. The molecule has 3 aliphatic rings. The second kappa shape index (κ2) is 6.78. The average Bonchev–Trinajstić information content (AvgIpc) is 3.46. The van der Waals surface area contributed by atoms with E-state index < -0.39 is 0 Å². The fourth-order valence-electron chi connectivity index (χ4n) is 4.95. The molecule has 0 bridgehead atoms. The number of rotatable bonds is 3. The Morgan fingerprint density at radius 2 is 2.06 bits per heavy atom. The van der Waals surface area contributed by atoms with Crippen molar-refractivity contribution in [1.82, 2.24) is 14.8 Å². The number of nitrogens with zero attached hydrogens (tertiary/aromatic N) is 4. The molecule has 1 saturated carbocycles. The Morgan fingerprint density at radius 3 is 2.87 bits per heavy atom. The fraction of sp³-hybridized carbons (Fsp3) is 0.360. The highest BCUT2D eigenvalue weighted by atomic mass is 16.5. The van der Waals surface area contributed by atoms with Crippen LogP contribution in [0.1, 0.15) is 61.4 Å². The number of fused-ring (bicyclic) bond motifs is 2. The minimum absolute atomic E-state index is 0.0620. The first-order chi connectivity index (χ1) is 15.1. The highest BCUT2D eigenvalue weighted by Crippen LogP contribution is 2.53. The second-order valence-corrected chi connectivity index (χ2v) is 8.94. The smallest absolute Gasteiger partial charge is 0.163 e. The van der Waals surface area contributed by atoms with Crippen molar-refractivity contribution in [3.8, 4) is 11.8 Å². The third kappa shape index (κ3) is 3.04. The summed E-state index contributed by atoms with van der Waals surface area (Å²) >= 11 is 0. The number of hydrogen-bond donors (Lipinski definition) is 0. The van der Waals surface area contributed by atoms with Crippen molar-refractivity contribution in [3.05, 3.63) is 59.6 Å². The van der Waals surface area contributed by atoms with E-state index in [0.29, 0.717) is 5.56 Å². The standard InChI is InChI=1S/C25H22N4O2/c26-13-16-10-17-2-1-3-22(24(17)27-14-16)31-20-5-4-18-15-28-29(21(18)12-20)19-6-7-25(8-9-25)23(30)11-19/h4-5,10-12,14-15,22H,1-3,6-9H2. The number of ether oxygens (including phenoxy) is 1. The molecule has 0 radical (unpaired) electrons. The molecule has 1 fully saturated rings. The first-order valence-electron chi connectivity index (χ1n) is 10.9. The van der Waals surface area contributed by atoms with E-state index in [9.17, 15) is 4.79 Å². The summed E-state index contributed by atoms with van der Waals surface area (Å²) in [6.07, 6.45) is 11.8. The van der Waals surface area contributed by atoms with Crippen molar-refractivity contribution in [2.45, 2.75) is 51.0 Å². The molecule has 1 atom stereocenters. The molecule has 3 aliphatic carbocycles. The zero-order chi connectivity index (χ0) is 21.0. The van der Waals surface area contributed by atoms with Crippen LogP contribution in [-0.4, -0.2) is 20.5 Å². The fourth-order valence-corrected chi connectivity index (χ4v) is 4.95. The van der Waals surface area contributed by atoms with Crippen molar-refractivity contribution in [2.75, 3.05) is 0 Å². The Labute approximate surface area is 180 Å². The molecule has 3 aromatic rings. The van der Waals surface area contributed by atoms with Gasteiger partial charge in [-0.2, -0.15) is 10.4 Å². The summed E-state index contributed by atoms with van der Waals surface area (Å²) in [5.41, 5.74) is 4.46. The predicted molar refractivity (Wildman–Crippen MR) is 115 cm³/mol. The lowest BCUT2D eigenvalue weighted by molar-refractivity contribution is -0.119.